The summed E-state index contributed by atoms with van der Waals surface area (Å²) in [4.78, 5) is 12.4. The third-order valence-corrected chi connectivity index (χ3v) is 5.00. The summed E-state index contributed by atoms with van der Waals surface area (Å²) in [5.41, 5.74) is 1.72. The molecule has 2 aromatic rings. The van der Waals surface area contributed by atoms with Crippen LogP contribution in [0, 0.1) is 0 Å². The summed E-state index contributed by atoms with van der Waals surface area (Å²) in [5.74, 6) is -0.422. The van der Waals surface area contributed by atoms with Crippen molar-refractivity contribution in [3.8, 4) is 0 Å². The van der Waals surface area contributed by atoms with Crippen LogP contribution in [-0.2, 0) is 0 Å². The van der Waals surface area contributed by atoms with E-state index in [1.54, 1.807) is 4.85 Å². The molecule has 8 nitrogen and oxygen atoms in total. The molecule has 138 valence electrons. The molecule has 25 heavy (non-hydrogen) atoms. The number of aromatic nitrogens is 3. The number of benzene rings is 1. The highest BCUT2D eigenvalue weighted by molar-refractivity contribution is 5.73. The van der Waals surface area contributed by atoms with Gasteiger partial charge in [0.2, 0.25) is 0 Å². The number of piperidine rings is 1. The maximum absolute atomic E-state index is 6.42. The van der Waals surface area contributed by atoms with Crippen LogP contribution in [0.25, 0.3) is 11.0 Å². The van der Waals surface area contributed by atoms with E-state index in [9.17, 15) is 0 Å². The Morgan fingerprint density at radius 1 is 1.08 bits per heavy atom. The quantitative estimate of drug-likeness (QED) is 0.733. The zero-order chi connectivity index (χ0) is 18.2. The van der Waals surface area contributed by atoms with Crippen molar-refractivity contribution in [2.75, 3.05) is 48.8 Å². The first-order valence-corrected chi connectivity index (χ1v) is 8.66. The van der Waals surface area contributed by atoms with Crippen LogP contribution in [-0.4, -0.2) is 95.7 Å². The lowest BCUT2D eigenvalue weighted by Crippen LogP contribution is -2.77. The first-order valence-electron chi connectivity index (χ1n) is 8.66. The van der Waals surface area contributed by atoms with Gasteiger partial charge in [-0.2, -0.15) is 0 Å². The van der Waals surface area contributed by atoms with Gasteiger partial charge in [0.05, 0.1) is 0 Å². The summed E-state index contributed by atoms with van der Waals surface area (Å²) in [5, 5.41) is 12.9. The predicted molar refractivity (Wildman–Crippen MR) is 97.6 cm³/mol. The molecular formula is C17H29N7O. The van der Waals surface area contributed by atoms with Crippen LogP contribution in [0.1, 0.15) is 12.8 Å². The average Bonchev–Trinajstić information content (AvgIpc) is 2.97. The molecule has 1 fully saturated rings. The summed E-state index contributed by atoms with van der Waals surface area (Å²) < 4.78 is 0. The smallest absolute Gasteiger partial charge is 0.184 e. The highest BCUT2D eigenvalue weighted by atomic mass is 16.7. The van der Waals surface area contributed by atoms with Crippen LogP contribution in [0.5, 0.6) is 0 Å². The van der Waals surface area contributed by atoms with Gasteiger partial charge < -0.3 is 4.84 Å². The lowest BCUT2D eigenvalue weighted by Gasteiger charge is -2.58. The maximum Gasteiger partial charge on any atom is 0.184 e. The number of para-hydroxylation sites is 1. The van der Waals surface area contributed by atoms with Crippen molar-refractivity contribution in [1.29, 1.82) is 0 Å². The molecule has 3 rings (SSSR count). The van der Waals surface area contributed by atoms with Gasteiger partial charge in [0.15, 0.2) is 11.9 Å². The molecular weight excluding hydrogens is 318 g/mol. The van der Waals surface area contributed by atoms with Crippen molar-refractivity contribution in [2.24, 2.45) is 0 Å². The van der Waals surface area contributed by atoms with Gasteiger partial charge in [-0.1, -0.05) is 17.0 Å². The maximum atomic E-state index is 6.42. The molecule has 1 atom stereocenters. The first kappa shape index (κ1) is 18.1. The van der Waals surface area contributed by atoms with E-state index in [0.29, 0.717) is 0 Å². The summed E-state index contributed by atoms with van der Waals surface area (Å²) in [6.07, 6.45) is 1.90. The van der Waals surface area contributed by atoms with Crippen LogP contribution in [0.2, 0.25) is 0 Å². The molecule has 0 saturated carbocycles. The Bertz CT molecular complexity index is 704. The number of nitrogens with zero attached hydrogens (tertiary/aromatic N) is 7. The molecule has 0 bridgehead atoms. The predicted octanol–water partition coefficient (Wildman–Crippen LogP) is 0.578. The Morgan fingerprint density at radius 2 is 1.76 bits per heavy atom. The van der Waals surface area contributed by atoms with Gasteiger partial charge in [0.25, 0.3) is 0 Å². The Kier molecular flexibility index (Phi) is 4.97. The second-order valence-corrected chi connectivity index (χ2v) is 7.13. The number of fused-ring (bicyclic) bond motifs is 1. The molecule has 1 unspecified atom stereocenters. The van der Waals surface area contributed by atoms with E-state index >= 15 is 0 Å². The van der Waals surface area contributed by atoms with Gasteiger partial charge in [0.1, 0.15) is 11.0 Å². The van der Waals surface area contributed by atoms with E-state index in [2.05, 4.69) is 72.4 Å². The molecule has 0 N–H and O–H groups in total. The van der Waals surface area contributed by atoms with E-state index in [0.717, 1.165) is 30.4 Å². The highest BCUT2D eigenvalue weighted by Gasteiger charge is 2.53. The normalized spacial score (nSPS) is 21.6. The molecule has 1 aromatic carbocycles. The van der Waals surface area contributed by atoms with E-state index < -0.39 is 5.79 Å². The van der Waals surface area contributed by atoms with Crippen molar-refractivity contribution in [3.05, 3.63) is 24.3 Å². The molecule has 1 aliphatic heterocycles. The topological polar surface area (TPSA) is 52.9 Å². The molecule has 1 aromatic heterocycles. The number of hydrogen-bond donors (Lipinski definition) is 0. The zero-order valence-electron chi connectivity index (χ0n) is 16.0. The lowest BCUT2D eigenvalue weighted by atomic mass is 9.98. The number of hydrogen-bond acceptors (Lipinski definition) is 7. The molecule has 0 spiro atoms. The summed E-state index contributed by atoms with van der Waals surface area (Å²) in [6, 6.07) is 7.86. The number of hydrazine groups is 1. The molecule has 8 heteroatoms. The van der Waals surface area contributed by atoms with Gasteiger partial charge in [-0.3, -0.25) is 9.80 Å². The van der Waals surface area contributed by atoms with Crippen LogP contribution in [0.15, 0.2) is 24.3 Å². The Labute approximate surface area is 149 Å². The minimum Gasteiger partial charge on any atom is -0.387 e. The lowest BCUT2D eigenvalue weighted by molar-refractivity contribution is -0.283. The Hall–Kier alpha value is -1.74. The fourth-order valence-corrected chi connectivity index (χ4v) is 4.05. The van der Waals surface area contributed by atoms with Gasteiger partial charge in [-0.15, -0.1) is 5.10 Å². The van der Waals surface area contributed by atoms with E-state index in [1.165, 1.54) is 0 Å². The summed E-state index contributed by atoms with van der Waals surface area (Å²) in [6.45, 7) is 0.974. The summed E-state index contributed by atoms with van der Waals surface area (Å²) >= 11 is 0. The zero-order valence-corrected chi connectivity index (χ0v) is 16.0. The molecule has 0 aliphatic carbocycles. The number of rotatable bonds is 5. The third-order valence-electron chi connectivity index (χ3n) is 5.00. The molecule has 1 saturated heterocycles. The van der Waals surface area contributed by atoms with Gasteiger partial charge in [-0.25, -0.2) is 10.0 Å². The fraction of sp³-hybridized carbons (Fsp3) is 0.647. The Balaban J connectivity index is 2.02. The van der Waals surface area contributed by atoms with Gasteiger partial charge in [0, 0.05) is 20.6 Å². The summed E-state index contributed by atoms with van der Waals surface area (Å²) in [7, 11) is 12.5. The van der Waals surface area contributed by atoms with E-state index in [1.807, 2.05) is 24.3 Å². The standard InChI is InChI=1S/C17H29N7O/c1-20(2)17(21(3)4)16(12-9-13-23(17)22(5)6)25-24-15-11-8-7-10-14(15)18-19-24/h7-8,10-11,16H,9,12-13H2,1-6H3. The van der Waals surface area contributed by atoms with Crippen LogP contribution in [0.4, 0.5) is 0 Å². The SMILES string of the molecule is CN(C)N1CCCC(On2nnc3ccccc32)C1(N(C)C)N(C)C. The third kappa shape index (κ3) is 2.89. The fourth-order valence-electron chi connectivity index (χ4n) is 4.05. The van der Waals surface area contributed by atoms with Gasteiger partial charge >= 0.3 is 0 Å². The van der Waals surface area contributed by atoms with E-state index in [-0.39, 0.29) is 6.10 Å². The molecule has 0 amide bonds. The first-order chi connectivity index (χ1) is 11.9. The largest absolute Gasteiger partial charge is 0.387 e. The van der Waals surface area contributed by atoms with Crippen molar-refractivity contribution in [2.45, 2.75) is 24.7 Å². The molecule has 2 heterocycles. The van der Waals surface area contributed by atoms with Crippen LogP contribution >= 0.6 is 0 Å². The monoisotopic (exact) mass is 347 g/mol. The Morgan fingerprint density at radius 3 is 2.40 bits per heavy atom. The second-order valence-electron chi connectivity index (χ2n) is 7.13. The highest BCUT2D eigenvalue weighted by Crippen LogP contribution is 2.34. The van der Waals surface area contributed by atoms with Crippen molar-refractivity contribution < 1.29 is 4.84 Å². The minimum atomic E-state index is -0.422. The molecule has 1 aliphatic rings. The number of likely N-dealkylation sites (N-methyl/N-ethyl adjacent to an activating group) is 2. The van der Waals surface area contributed by atoms with Gasteiger partial charge in [-0.05, 0) is 58.4 Å². The van der Waals surface area contributed by atoms with Crippen molar-refractivity contribution >= 4 is 11.0 Å². The minimum absolute atomic E-state index is 0.0984. The average molecular weight is 347 g/mol. The molecule has 0 radical (unpaired) electrons. The van der Waals surface area contributed by atoms with Crippen LogP contribution in [0.3, 0.4) is 0 Å². The van der Waals surface area contributed by atoms with Crippen LogP contribution < -0.4 is 4.84 Å². The second kappa shape index (κ2) is 6.87. The van der Waals surface area contributed by atoms with E-state index in [4.69, 9.17) is 4.84 Å². The van der Waals surface area contributed by atoms with Crippen molar-refractivity contribution in [1.82, 2.24) is 35.0 Å². The van der Waals surface area contributed by atoms with Crippen molar-refractivity contribution in [3.63, 3.8) is 0 Å².